The molecular formula is C3H2F2O3S. The highest BCUT2D eigenvalue weighted by atomic mass is 32.2. The quantitative estimate of drug-likeness (QED) is 0.478. The van der Waals surface area contributed by atoms with Crippen molar-refractivity contribution in [3.8, 4) is 0 Å². The fourth-order valence-corrected chi connectivity index (χ4v) is 1.04. The molecule has 0 amide bonds. The van der Waals surface area contributed by atoms with Crippen LogP contribution in [0.1, 0.15) is 0 Å². The van der Waals surface area contributed by atoms with Crippen LogP contribution in [-0.2, 0) is 14.3 Å². The van der Waals surface area contributed by atoms with E-state index in [0.717, 1.165) is 0 Å². The summed E-state index contributed by atoms with van der Waals surface area (Å²) in [4.78, 5) is 0. The van der Waals surface area contributed by atoms with E-state index in [0.29, 0.717) is 0 Å². The molecule has 1 aliphatic heterocycles. The molecule has 1 atom stereocenters. The van der Waals surface area contributed by atoms with E-state index in [1.807, 2.05) is 0 Å². The van der Waals surface area contributed by atoms with Gasteiger partial charge in [0.2, 0.25) is 11.5 Å². The van der Waals surface area contributed by atoms with Gasteiger partial charge in [-0.25, -0.2) is 8.57 Å². The minimum Gasteiger partial charge on any atom is -0.224 e. The normalized spacial score (nSPS) is 32.2. The van der Waals surface area contributed by atoms with Crippen LogP contribution in [0.25, 0.3) is 0 Å². The Morgan fingerprint density at radius 2 is 2.22 bits per heavy atom. The maximum atomic E-state index is 11.9. The van der Waals surface area contributed by atoms with Crippen molar-refractivity contribution in [3.63, 3.8) is 0 Å². The first-order valence-electron chi connectivity index (χ1n) is 1.97. The molecule has 0 radical (unpaired) electrons. The monoisotopic (exact) mass is 156 g/mol. The van der Waals surface area contributed by atoms with Crippen LogP contribution in [0.5, 0.6) is 0 Å². The highest BCUT2D eigenvalue weighted by Gasteiger charge is 2.31. The number of hydrogen-bond donors (Lipinski definition) is 0. The van der Waals surface area contributed by atoms with Crippen molar-refractivity contribution >= 4 is 10.1 Å². The standard InChI is InChI=1S/C3H2F2O3S/c4-2-1-3(5)9(6,7)8-2/h1-2H. The van der Waals surface area contributed by atoms with Gasteiger partial charge in [-0.2, -0.15) is 12.8 Å². The molecule has 52 valence electrons. The van der Waals surface area contributed by atoms with Crippen molar-refractivity contribution in [2.24, 2.45) is 0 Å². The molecule has 6 heteroatoms. The number of rotatable bonds is 0. The summed E-state index contributed by atoms with van der Waals surface area (Å²) < 4.78 is 47.2. The molecule has 0 bridgehead atoms. The first-order chi connectivity index (χ1) is 4.02. The Bertz CT molecular complexity index is 242. The van der Waals surface area contributed by atoms with Crippen molar-refractivity contribution in [2.75, 3.05) is 0 Å². The summed E-state index contributed by atoms with van der Waals surface area (Å²) in [5.41, 5.74) is 0. The van der Waals surface area contributed by atoms with Crippen LogP contribution < -0.4 is 0 Å². The second-order valence-electron chi connectivity index (χ2n) is 1.37. The SMILES string of the molecule is O=S1(=O)OC(F)C=C1F. The fourth-order valence-electron chi connectivity index (χ4n) is 0.381. The van der Waals surface area contributed by atoms with Gasteiger partial charge in [0.1, 0.15) is 0 Å². The lowest BCUT2D eigenvalue weighted by molar-refractivity contribution is 0.131. The van der Waals surface area contributed by atoms with Gasteiger partial charge in [0.05, 0.1) is 0 Å². The fraction of sp³-hybridized carbons (Fsp3) is 0.333. The maximum absolute atomic E-state index is 11.9. The molecule has 0 aliphatic carbocycles. The molecule has 0 fully saturated rings. The van der Waals surface area contributed by atoms with Gasteiger partial charge in [-0.15, -0.1) is 0 Å². The predicted molar refractivity (Wildman–Crippen MR) is 24.1 cm³/mol. The molecule has 3 nitrogen and oxygen atoms in total. The van der Waals surface area contributed by atoms with E-state index < -0.39 is 21.6 Å². The van der Waals surface area contributed by atoms with Crippen LogP contribution >= 0.6 is 0 Å². The van der Waals surface area contributed by atoms with Gasteiger partial charge in [-0.1, -0.05) is 0 Å². The van der Waals surface area contributed by atoms with Crippen molar-refractivity contribution in [1.82, 2.24) is 0 Å². The van der Waals surface area contributed by atoms with Gasteiger partial charge in [-0.3, -0.25) is 0 Å². The average Bonchev–Trinajstić information content (AvgIpc) is 1.79. The van der Waals surface area contributed by atoms with Crippen molar-refractivity contribution in [3.05, 3.63) is 11.2 Å². The van der Waals surface area contributed by atoms with E-state index in [1.165, 1.54) is 0 Å². The maximum Gasteiger partial charge on any atom is 0.327 e. The van der Waals surface area contributed by atoms with E-state index in [-0.39, 0.29) is 6.08 Å². The summed E-state index contributed by atoms with van der Waals surface area (Å²) in [6.07, 6.45) is -1.91. The third-order valence-corrected chi connectivity index (χ3v) is 1.77. The van der Waals surface area contributed by atoms with Crippen molar-refractivity contribution in [1.29, 1.82) is 0 Å². The van der Waals surface area contributed by atoms with Crippen LogP contribution in [0.15, 0.2) is 11.2 Å². The van der Waals surface area contributed by atoms with E-state index in [1.54, 1.807) is 0 Å². The van der Waals surface area contributed by atoms with Crippen LogP contribution in [0.4, 0.5) is 8.78 Å². The molecular weight excluding hydrogens is 154 g/mol. The molecule has 0 N–H and O–H groups in total. The molecule has 0 aromatic carbocycles. The summed E-state index contributed by atoms with van der Waals surface area (Å²) in [5, 5.41) is -1.56. The van der Waals surface area contributed by atoms with E-state index in [2.05, 4.69) is 4.18 Å². The van der Waals surface area contributed by atoms with Crippen LogP contribution in [0, 0.1) is 0 Å². The van der Waals surface area contributed by atoms with Crippen molar-refractivity contribution < 1.29 is 21.4 Å². The highest BCUT2D eigenvalue weighted by Crippen LogP contribution is 2.22. The topological polar surface area (TPSA) is 43.4 Å². The van der Waals surface area contributed by atoms with Gasteiger partial charge < -0.3 is 0 Å². The molecule has 1 rings (SSSR count). The Morgan fingerprint density at radius 3 is 2.33 bits per heavy atom. The zero-order valence-corrected chi connectivity index (χ0v) is 4.86. The lowest BCUT2D eigenvalue weighted by Gasteiger charge is -1.90. The zero-order valence-electron chi connectivity index (χ0n) is 4.04. The molecule has 1 unspecified atom stereocenters. The highest BCUT2D eigenvalue weighted by molar-refractivity contribution is 7.90. The summed E-state index contributed by atoms with van der Waals surface area (Å²) in [6.45, 7) is 0. The Kier molecular flexibility index (Phi) is 1.28. The second-order valence-corrected chi connectivity index (χ2v) is 2.86. The Balaban J connectivity index is 3.04. The Labute approximate surface area is 50.1 Å². The van der Waals surface area contributed by atoms with Gasteiger partial charge in [0.25, 0.3) is 0 Å². The van der Waals surface area contributed by atoms with Gasteiger partial charge in [0, 0.05) is 6.08 Å². The van der Waals surface area contributed by atoms with Gasteiger partial charge in [-0.05, 0) is 0 Å². The molecule has 0 saturated carbocycles. The van der Waals surface area contributed by atoms with E-state index >= 15 is 0 Å². The zero-order chi connectivity index (χ0) is 7.07. The van der Waals surface area contributed by atoms with Crippen molar-refractivity contribution in [2.45, 2.75) is 6.36 Å². The van der Waals surface area contributed by atoms with E-state index in [9.17, 15) is 17.2 Å². The van der Waals surface area contributed by atoms with Gasteiger partial charge in [0.15, 0.2) is 0 Å². The Hall–Kier alpha value is -0.490. The second kappa shape index (κ2) is 1.74. The predicted octanol–water partition coefficient (Wildman–Crippen LogP) is 0.453. The summed E-state index contributed by atoms with van der Waals surface area (Å²) in [6, 6.07) is 0. The van der Waals surface area contributed by atoms with Crippen LogP contribution in [-0.4, -0.2) is 14.8 Å². The molecule has 9 heavy (non-hydrogen) atoms. The summed E-state index contributed by atoms with van der Waals surface area (Å²) in [5.74, 6) is 0. The molecule has 1 aliphatic rings. The molecule has 0 saturated heterocycles. The number of hydrogen-bond acceptors (Lipinski definition) is 3. The Morgan fingerprint density at radius 1 is 1.67 bits per heavy atom. The third kappa shape index (κ3) is 1.08. The largest absolute Gasteiger partial charge is 0.327 e. The third-order valence-electron chi connectivity index (χ3n) is 0.720. The lowest BCUT2D eigenvalue weighted by atomic mass is 10.7. The number of halogens is 2. The van der Waals surface area contributed by atoms with Crippen LogP contribution in [0.3, 0.4) is 0 Å². The lowest BCUT2D eigenvalue weighted by Crippen LogP contribution is -2.02. The molecule has 0 aromatic heterocycles. The summed E-state index contributed by atoms with van der Waals surface area (Å²) in [7, 11) is -4.35. The minimum absolute atomic E-state index is 0.245. The first-order valence-corrected chi connectivity index (χ1v) is 3.38. The molecule has 0 spiro atoms. The van der Waals surface area contributed by atoms with E-state index in [4.69, 9.17) is 0 Å². The summed E-state index contributed by atoms with van der Waals surface area (Å²) >= 11 is 0. The molecule has 1 heterocycles. The minimum atomic E-state index is -4.35. The van der Waals surface area contributed by atoms with Crippen LogP contribution in [0.2, 0.25) is 0 Å². The smallest absolute Gasteiger partial charge is 0.224 e. The first kappa shape index (κ1) is 6.63. The van der Waals surface area contributed by atoms with Gasteiger partial charge >= 0.3 is 10.1 Å². The average molecular weight is 156 g/mol. The molecule has 0 aromatic rings. The number of alkyl halides is 1.